The molecule has 0 radical (unpaired) electrons. The van der Waals surface area contributed by atoms with Gasteiger partial charge in [-0.1, -0.05) is 30.3 Å². The van der Waals surface area contributed by atoms with Crippen LogP contribution < -0.4 is 5.32 Å². The van der Waals surface area contributed by atoms with Crippen LogP contribution in [0.5, 0.6) is 0 Å². The number of nitrogens with zero attached hydrogens (tertiary/aromatic N) is 2. The van der Waals surface area contributed by atoms with Crippen LogP contribution in [0.2, 0.25) is 0 Å². The number of aromatic carboxylic acids is 1. The summed E-state index contributed by atoms with van der Waals surface area (Å²) in [6.45, 7) is 0.428. The van der Waals surface area contributed by atoms with Crippen molar-refractivity contribution >= 4 is 30.2 Å². The lowest BCUT2D eigenvalue weighted by Crippen LogP contribution is -2.14. The summed E-state index contributed by atoms with van der Waals surface area (Å²) in [5.41, 5.74) is 0.975. The monoisotopic (exact) mass is 291 g/mol. The number of thiol groups is 1. The zero-order valence-electron chi connectivity index (χ0n) is 10.5. The first-order chi connectivity index (χ1) is 9.60. The van der Waals surface area contributed by atoms with Gasteiger partial charge in [-0.25, -0.2) is 4.79 Å². The number of benzene rings is 1. The number of carboxylic acid groups (broad SMARTS) is 1. The van der Waals surface area contributed by atoms with Crippen molar-refractivity contribution in [1.82, 2.24) is 9.78 Å². The molecule has 2 rings (SSSR count). The average molecular weight is 291 g/mol. The third-order valence-corrected chi connectivity index (χ3v) is 2.86. The lowest BCUT2D eigenvalue weighted by molar-refractivity contribution is -0.113. The van der Waals surface area contributed by atoms with Crippen LogP contribution in [0.3, 0.4) is 0 Å². The predicted molar refractivity (Wildman–Crippen MR) is 77.2 cm³/mol. The van der Waals surface area contributed by atoms with Crippen molar-refractivity contribution in [1.29, 1.82) is 0 Å². The molecule has 0 atom stereocenters. The SMILES string of the molecule is O=C(CS)Nc1cn(Cc2ccccc2)nc1C(=O)O. The molecule has 1 amide bonds. The largest absolute Gasteiger partial charge is 0.476 e. The number of rotatable bonds is 5. The second-order valence-electron chi connectivity index (χ2n) is 4.09. The highest BCUT2D eigenvalue weighted by Gasteiger charge is 2.17. The smallest absolute Gasteiger partial charge is 0.358 e. The molecule has 1 aromatic heterocycles. The van der Waals surface area contributed by atoms with Gasteiger partial charge >= 0.3 is 5.97 Å². The molecule has 20 heavy (non-hydrogen) atoms. The number of carbonyl (C=O) groups is 2. The minimum atomic E-state index is -1.19. The van der Waals surface area contributed by atoms with Crippen molar-refractivity contribution in [3.63, 3.8) is 0 Å². The second-order valence-corrected chi connectivity index (χ2v) is 4.40. The van der Waals surface area contributed by atoms with E-state index in [-0.39, 0.29) is 23.0 Å². The van der Waals surface area contributed by atoms with Crippen molar-refractivity contribution in [2.75, 3.05) is 11.1 Å². The highest BCUT2D eigenvalue weighted by atomic mass is 32.1. The predicted octanol–water partition coefficient (Wildman–Crippen LogP) is 1.50. The van der Waals surface area contributed by atoms with E-state index in [9.17, 15) is 9.59 Å². The maximum Gasteiger partial charge on any atom is 0.358 e. The van der Waals surface area contributed by atoms with E-state index < -0.39 is 5.97 Å². The Balaban J connectivity index is 2.25. The summed E-state index contributed by atoms with van der Waals surface area (Å²) in [6, 6.07) is 9.50. The molecular formula is C13H13N3O3S. The lowest BCUT2D eigenvalue weighted by Gasteiger charge is -2.01. The zero-order chi connectivity index (χ0) is 14.5. The van der Waals surface area contributed by atoms with Gasteiger partial charge in [-0.2, -0.15) is 17.7 Å². The van der Waals surface area contributed by atoms with Crippen LogP contribution in [-0.4, -0.2) is 32.5 Å². The molecule has 2 aromatic rings. The molecule has 6 nitrogen and oxygen atoms in total. The van der Waals surface area contributed by atoms with Gasteiger partial charge in [0, 0.05) is 6.20 Å². The summed E-state index contributed by atoms with van der Waals surface area (Å²) in [4.78, 5) is 22.4. The Bertz CT molecular complexity index is 625. The van der Waals surface area contributed by atoms with E-state index in [2.05, 4.69) is 23.0 Å². The Morgan fingerprint density at radius 2 is 2.00 bits per heavy atom. The summed E-state index contributed by atoms with van der Waals surface area (Å²) in [7, 11) is 0. The van der Waals surface area contributed by atoms with E-state index in [1.165, 1.54) is 10.9 Å². The van der Waals surface area contributed by atoms with Crippen molar-refractivity contribution in [3.8, 4) is 0 Å². The average Bonchev–Trinajstić information content (AvgIpc) is 2.82. The zero-order valence-corrected chi connectivity index (χ0v) is 11.4. The van der Waals surface area contributed by atoms with Crippen molar-refractivity contribution in [2.45, 2.75) is 6.54 Å². The number of aromatic nitrogens is 2. The van der Waals surface area contributed by atoms with E-state index in [0.29, 0.717) is 6.54 Å². The van der Waals surface area contributed by atoms with E-state index >= 15 is 0 Å². The molecule has 0 aliphatic rings. The van der Waals surface area contributed by atoms with Gasteiger partial charge in [0.2, 0.25) is 5.91 Å². The van der Waals surface area contributed by atoms with E-state index in [0.717, 1.165) is 5.56 Å². The molecule has 7 heteroatoms. The van der Waals surface area contributed by atoms with Crippen LogP contribution in [0.1, 0.15) is 16.1 Å². The standard InChI is InChI=1S/C13H13N3O3S/c17-11(8-20)14-10-7-16(15-12(10)13(18)19)6-9-4-2-1-3-5-9/h1-5,7,20H,6,8H2,(H,14,17)(H,18,19). The number of hydrogen-bond donors (Lipinski definition) is 3. The number of amides is 1. The Kier molecular flexibility index (Phi) is 4.41. The summed E-state index contributed by atoms with van der Waals surface area (Å²) in [6.07, 6.45) is 1.50. The quantitative estimate of drug-likeness (QED) is 0.729. The fraction of sp³-hybridized carbons (Fsp3) is 0.154. The van der Waals surface area contributed by atoms with E-state index in [4.69, 9.17) is 5.11 Å². The van der Waals surface area contributed by atoms with Crippen LogP contribution >= 0.6 is 12.6 Å². The summed E-state index contributed by atoms with van der Waals surface area (Å²) >= 11 is 3.83. The van der Waals surface area contributed by atoms with Crippen LogP contribution in [-0.2, 0) is 11.3 Å². The lowest BCUT2D eigenvalue weighted by atomic mass is 10.2. The van der Waals surface area contributed by atoms with Gasteiger partial charge in [-0.15, -0.1) is 0 Å². The first kappa shape index (κ1) is 14.1. The Morgan fingerprint density at radius 3 is 2.60 bits per heavy atom. The molecule has 104 valence electrons. The van der Waals surface area contributed by atoms with Gasteiger partial charge in [0.25, 0.3) is 0 Å². The third kappa shape index (κ3) is 3.39. The maximum absolute atomic E-state index is 11.3. The first-order valence-electron chi connectivity index (χ1n) is 5.85. The minimum Gasteiger partial charge on any atom is -0.476 e. The third-order valence-electron chi connectivity index (χ3n) is 2.57. The highest BCUT2D eigenvalue weighted by molar-refractivity contribution is 7.81. The van der Waals surface area contributed by atoms with Gasteiger partial charge in [-0.3, -0.25) is 9.48 Å². The molecule has 0 unspecified atom stereocenters. The normalized spacial score (nSPS) is 10.2. The fourth-order valence-electron chi connectivity index (χ4n) is 1.71. The van der Waals surface area contributed by atoms with Gasteiger partial charge in [0.15, 0.2) is 5.69 Å². The van der Waals surface area contributed by atoms with E-state index in [1.54, 1.807) is 0 Å². The van der Waals surface area contributed by atoms with Crippen LogP contribution in [0.4, 0.5) is 5.69 Å². The van der Waals surface area contributed by atoms with Crippen molar-refractivity contribution < 1.29 is 14.7 Å². The van der Waals surface area contributed by atoms with Gasteiger partial charge in [0.1, 0.15) is 0 Å². The molecule has 0 fully saturated rings. The van der Waals surface area contributed by atoms with Crippen molar-refractivity contribution in [2.24, 2.45) is 0 Å². The Morgan fingerprint density at radius 1 is 1.30 bits per heavy atom. The maximum atomic E-state index is 11.3. The Labute approximate surface area is 120 Å². The molecule has 0 aliphatic carbocycles. The minimum absolute atomic E-state index is 0.0249. The molecule has 0 saturated heterocycles. The molecular weight excluding hydrogens is 278 g/mol. The number of anilines is 1. The number of nitrogens with one attached hydrogen (secondary N) is 1. The molecule has 1 aromatic carbocycles. The molecule has 2 N–H and O–H groups in total. The van der Waals surface area contributed by atoms with Crippen LogP contribution in [0, 0.1) is 0 Å². The van der Waals surface area contributed by atoms with Crippen molar-refractivity contribution in [3.05, 3.63) is 47.8 Å². The van der Waals surface area contributed by atoms with E-state index in [1.807, 2.05) is 30.3 Å². The summed E-state index contributed by atoms with van der Waals surface area (Å²) in [5.74, 6) is -1.59. The topological polar surface area (TPSA) is 84.2 Å². The summed E-state index contributed by atoms with van der Waals surface area (Å²) < 4.78 is 1.48. The molecule has 0 bridgehead atoms. The molecule has 1 heterocycles. The Hall–Kier alpha value is -2.28. The first-order valence-corrected chi connectivity index (χ1v) is 6.49. The molecule has 0 spiro atoms. The highest BCUT2D eigenvalue weighted by Crippen LogP contribution is 2.15. The number of hydrogen-bond acceptors (Lipinski definition) is 4. The summed E-state index contributed by atoms with van der Waals surface area (Å²) in [5, 5.41) is 15.5. The second kappa shape index (κ2) is 6.25. The molecule has 0 aliphatic heterocycles. The fourth-order valence-corrected chi connectivity index (χ4v) is 1.79. The number of carboxylic acids is 1. The number of carbonyl (C=O) groups excluding carboxylic acids is 1. The van der Waals surface area contributed by atoms with Gasteiger partial charge < -0.3 is 10.4 Å². The van der Waals surface area contributed by atoms with Crippen LogP contribution in [0.25, 0.3) is 0 Å². The molecule has 0 saturated carbocycles. The van der Waals surface area contributed by atoms with Gasteiger partial charge in [0.05, 0.1) is 18.0 Å². The van der Waals surface area contributed by atoms with Gasteiger partial charge in [-0.05, 0) is 5.56 Å². The van der Waals surface area contributed by atoms with Crippen LogP contribution in [0.15, 0.2) is 36.5 Å².